The van der Waals surface area contributed by atoms with E-state index < -0.39 is 0 Å². The van der Waals surface area contributed by atoms with Gasteiger partial charge in [-0.3, -0.25) is 0 Å². The Morgan fingerprint density at radius 3 is 2.84 bits per heavy atom. The molecule has 2 aromatic rings. The molecule has 1 nitrogen and oxygen atoms in total. The molecule has 1 heteroatoms. The van der Waals surface area contributed by atoms with Crippen molar-refractivity contribution in [2.75, 3.05) is 0 Å². The van der Waals surface area contributed by atoms with E-state index in [0.29, 0.717) is 6.10 Å². The molecule has 0 radical (unpaired) electrons. The molecule has 0 aliphatic heterocycles. The molecular formula is C18H16O+2. The molecule has 0 atom stereocenters. The van der Waals surface area contributed by atoms with Crippen LogP contribution in [0.2, 0.25) is 0 Å². The summed E-state index contributed by atoms with van der Waals surface area (Å²) in [7, 11) is 0. The van der Waals surface area contributed by atoms with Crippen LogP contribution in [0.1, 0.15) is 42.0 Å². The van der Waals surface area contributed by atoms with Crippen molar-refractivity contribution in [3.8, 4) is 0 Å². The SMILES string of the molecule is C[C+]1CC=Cc2ccc3c4c(ccc3c21)[C+](O)CC4. The Labute approximate surface area is 113 Å². The van der Waals surface area contributed by atoms with E-state index in [1.807, 2.05) is 0 Å². The van der Waals surface area contributed by atoms with Crippen molar-refractivity contribution < 1.29 is 5.11 Å². The molecule has 0 amide bonds. The number of fused-ring (bicyclic) bond motifs is 5. The highest BCUT2D eigenvalue weighted by atomic mass is 16.3. The lowest BCUT2D eigenvalue weighted by Gasteiger charge is -2.11. The maximum absolute atomic E-state index is 9.93. The molecule has 19 heavy (non-hydrogen) atoms. The van der Waals surface area contributed by atoms with Crippen LogP contribution in [0.5, 0.6) is 0 Å². The fraction of sp³-hybridized carbons (Fsp3) is 0.222. The monoisotopic (exact) mass is 248 g/mol. The summed E-state index contributed by atoms with van der Waals surface area (Å²) >= 11 is 0. The Balaban J connectivity index is 2.07. The quantitative estimate of drug-likeness (QED) is 0.685. The summed E-state index contributed by atoms with van der Waals surface area (Å²) in [5, 5.41) is 12.6. The predicted octanol–water partition coefficient (Wildman–Crippen LogP) is 4.40. The summed E-state index contributed by atoms with van der Waals surface area (Å²) in [5.74, 6) is 1.44. The Kier molecular flexibility index (Phi) is 2.21. The lowest BCUT2D eigenvalue weighted by atomic mass is 9.83. The second-order valence-electron chi connectivity index (χ2n) is 5.55. The summed E-state index contributed by atoms with van der Waals surface area (Å²) in [6, 6.07) is 8.70. The normalized spacial score (nSPS) is 16.9. The van der Waals surface area contributed by atoms with E-state index in [-0.39, 0.29) is 0 Å². The van der Waals surface area contributed by atoms with Crippen molar-refractivity contribution in [1.29, 1.82) is 0 Å². The molecule has 0 unspecified atom stereocenters. The van der Waals surface area contributed by atoms with Crippen LogP contribution in [0, 0.1) is 12.0 Å². The van der Waals surface area contributed by atoms with Gasteiger partial charge in [0.05, 0.1) is 29.7 Å². The third-order valence-corrected chi connectivity index (χ3v) is 4.42. The van der Waals surface area contributed by atoms with Crippen LogP contribution in [0.25, 0.3) is 16.8 Å². The Morgan fingerprint density at radius 1 is 1.11 bits per heavy atom. The minimum atomic E-state index is 0.551. The summed E-state index contributed by atoms with van der Waals surface area (Å²) in [6.07, 6.45) is 7.80. The Hall–Kier alpha value is -1.86. The van der Waals surface area contributed by atoms with E-state index in [1.165, 1.54) is 33.4 Å². The van der Waals surface area contributed by atoms with Crippen LogP contribution in [0.15, 0.2) is 30.3 Å². The molecule has 0 heterocycles. The zero-order chi connectivity index (χ0) is 13.0. The number of hydrogen-bond acceptors (Lipinski definition) is 1. The number of aliphatic hydroxyl groups is 1. The molecule has 0 saturated carbocycles. The number of rotatable bonds is 0. The van der Waals surface area contributed by atoms with Crippen LogP contribution in [0.4, 0.5) is 0 Å². The minimum absolute atomic E-state index is 0.551. The lowest BCUT2D eigenvalue weighted by Crippen LogP contribution is -2.03. The standard InChI is InChI=1S/C18H16O/c1-11-3-2-4-12-5-6-14-13-9-10-17(19)15(13)7-8-16(14)18(11)12/h2,4-8,19H,3,9-10H2,1H3/q+2. The van der Waals surface area contributed by atoms with Crippen molar-refractivity contribution in [3.63, 3.8) is 0 Å². The van der Waals surface area contributed by atoms with Gasteiger partial charge in [0.15, 0.2) is 17.2 Å². The van der Waals surface area contributed by atoms with Crippen LogP contribution in [0.3, 0.4) is 0 Å². The lowest BCUT2D eigenvalue weighted by molar-refractivity contribution is 0.324. The molecule has 2 aliphatic rings. The second-order valence-corrected chi connectivity index (χ2v) is 5.55. The first-order valence-corrected chi connectivity index (χ1v) is 6.89. The summed E-state index contributed by atoms with van der Waals surface area (Å²) in [4.78, 5) is 0. The van der Waals surface area contributed by atoms with Gasteiger partial charge in [-0.2, -0.15) is 0 Å². The molecule has 4 rings (SSSR count). The fourth-order valence-electron chi connectivity index (χ4n) is 3.48. The van der Waals surface area contributed by atoms with Gasteiger partial charge in [-0.25, -0.2) is 0 Å². The molecule has 1 N–H and O–H groups in total. The molecule has 2 aromatic carbocycles. The Bertz CT molecular complexity index is 696. The number of benzene rings is 2. The van der Waals surface area contributed by atoms with Crippen LogP contribution in [-0.2, 0) is 6.42 Å². The molecular weight excluding hydrogens is 232 g/mol. The van der Waals surface area contributed by atoms with Crippen molar-refractivity contribution >= 4 is 16.8 Å². The average molecular weight is 248 g/mol. The van der Waals surface area contributed by atoms with Crippen molar-refractivity contribution in [2.45, 2.75) is 26.2 Å². The fourth-order valence-corrected chi connectivity index (χ4v) is 3.48. The zero-order valence-corrected chi connectivity index (χ0v) is 11.0. The number of aryl methyl sites for hydroxylation is 1. The molecule has 0 fully saturated rings. The third-order valence-electron chi connectivity index (χ3n) is 4.42. The van der Waals surface area contributed by atoms with Crippen molar-refractivity contribution in [3.05, 3.63) is 64.6 Å². The molecule has 2 aliphatic carbocycles. The first kappa shape index (κ1) is 11.0. The zero-order valence-electron chi connectivity index (χ0n) is 11.0. The van der Waals surface area contributed by atoms with Gasteiger partial charge in [0.2, 0.25) is 0 Å². The van der Waals surface area contributed by atoms with Crippen LogP contribution < -0.4 is 0 Å². The average Bonchev–Trinajstić information content (AvgIpc) is 2.80. The van der Waals surface area contributed by atoms with E-state index in [1.54, 1.807) is 0 Å². The van der Waals surface area contributed by atoms with Crippen molar-refractivity contribution in [1.82, 2.24) is 0 Å². The molecule has 0 spiro atoms. The smallest absolute Gasteiger partial charge is 0.166 e. The molecule has 92 valence electrons. The van der Waals surface area contributed by atoms with E-state index in [2.05, 4.69) is 43.3 Å². The van der Waals surface area contributed by atoms with E-state index in [4.69, 9.17) is 0 Å². The Morgan fingerprint density at radius 2 is 1.95 bits per heavy atom. The molecule has 0 aromatic heterocycles. The first-order valence-electron chi connectivity index (χ1n) is 6.89. The van der Waals surface area contributed by atoms with Crippen LogP contribution >= 0.6 is 0 Å². The summed E-state index contributed by atoms with van der Waals surface area (Å²) < 4.78 is 0. The van der Waals surface area contributed by atoms with Crippen molar-refractivity contribution in [2.24, 2.45) is 0 Å². The van der Waals surface area contributed by atoms with Gasteiger partial charge in [-0.15, -0.1) is 0 Å². The highest BCUT2D eigenvalue weighted by Gasteiger charge is 2.35. The first-order chi connectivity index (χ1) is 9.25. The van der Waals surface area contributed by atoms with Gasteiger partial charge in [0, 0.05) is 37.8 Å². The topological polar surface area (TPSA) is 20.2 Å². The summed E-state index contributed by atoms with van der Waals surface area (Å²) in [5.41, 5.74) is 5.09. The number of hydrogen-bond donors (Lipinski definition) is 1. The van der Waals surface area contributed by atoms with Gasteiger partial charge < -0.3 is 5.11 Å². The van der Waals surface area contributed by atoms with Crippen LogP contribution in [-0.4, -0.2) is 5.11 Å². The second kappa shape index (κ2) is 3.82. The highest BCUT2D eigenvalue weighted by Crippen LogP contribution is 2.40. The van der Waals surface area contributed by atoms with E-state index >= 15 is 0 Å². The number of aliphatic hydroxyl groups excluding tert-OH is 1. The van der Waals surface area contributed by atoms with Gasteiger partial charge in [0.25, 0.3) is 0 Å². The predicted molar refractivity (Wildman–Crippen MR) is 78.2 cm³/mol. The van der Waals surface area contributed by atoms with Gasteiger partial charge in [-0.05, 0) is 6.07 Å². The maximum Gasteiger partial charge on any atom is 0.166 e. The van der Waals surface area contributed by atoms with E-state index in [0.717, 1.165) is 24.8 Å². The van der Waals surface area contributed by atoms with E-state index in [9.17, 15) is 5.11 Å². The third kappa shape index (κ3) is 1.45. The molecule has 0 saturated heterocycles. The summed E-state index contributed by atoms with van der Waals surface area (Å²) in [6.45, 7) is 2.22. The maximum atomic E-state index is 9.93. The number of allylic oxidation sites excluding steroid dienone is 1. The van der Waals surface area contributed by atoms with Gasteiger partial charge in [-0.1, -0.05) is 6.08 Å². The molecule has 0 bridgehead atoms. The largest absolute Gasteiger partial charge is 0.303 e. The highest BCUT2D eigenvalue weighted by molar-refractivity contribution is 5.95. The van der Waals surface area contributed by atoms with Gasteiger partial charge in [0.1, 0.15) is 10.8 Å². The minimum Gasteiger partial charge on any atom is -0.303 e. The van der Waals surface area contributed by atoms with Gasteiger partial charge >= 0.3 is 0 Å².